The summed E-state index contributed by atoms with van der Waals surface area (Å²) in [5, 5.41) is 0.706. The molecule has 4 heteroatoms. The molecule has 0 amide bonds. The molecule has 1 saturated carbocycles. The molecule has 3 nitrogen and oxygen atoms in total. The average molecular weight is 238 g/mol. The van der Waals surface area contributed by atoms with E-state index in [2.05, 4.69) is 9.97 Å². The number of hydrogen-bond acceptors (Lipinski definition) is 3. The first-order valence-corrected chi connectivity index (χ1v) is 7.14. The monoisotopic (exact) mass is 238 g/mol. The lowest BCUT2D eigenvalue weighted by Gasteiger charge is -2.20. The van der Waals surface area contributed by atoms with E-state index in [1.54, 1.807) is 6.20 Å². The zero-order chi connectivity index (χ0) is 11.4. The van der Waals surface area contributed by atoms with Crippen molar-refractivity contribution in [2.75, 3.05) is 6.26 Å². The Labute approximate surface area is 100 Å². The van der Waals surface area contributed by atoms with Crippen molar-refractivity contribution in [1.82, 2.24) is 9.97 Å². The van der Waals surface area contributed by atoms with Gasteiger partial charge in [-0.15, -0.1) is 0 Å². The number of nitrogens with zero attached hydrogens (tertiary/aromatic N) is 1. The van der Waals surface area contributed by atoms with Crippen molar-refractivity contribution in [3.8, 4) is 0 Å². The van der Waals surface area contributed by atoms with Crippen molar-refractivity contribution in [1.29, 1.82) is 0 Å². The third-order valence-electron chi connectivity index (χ3n) is 3.28. The van der Waals surface area contributed by atoms with Gasteiger partial charge in [0.05, 0.1) is 0 Å². The van der Waals surface area contributed by atoms with E-state index in [0.717, 1.165) is 12.0 Å². The molecule has 1 N–H and O–H groups in total. The predicted octanol–water partition coefficient (Wildman–Crippen LogP) is 2.61. The number of rotatable bonds is 3. The van der Waals surface area contributed by atoms with Crippen LogP contribution in [0.2, 0.25) is 0 Å². The van der Waals surface area contributed by atoms with Gasteiger partial charge in [0, 0.05) is 11.8 Å². The molecule has 0 aromatic carbocycles. The molecule has 0 radical (unpaired) electrons. The fourth-order valence-electron chi connectivity index (χ4n) is 2.36. The smallest absolute Gasteiger partial charge is 0.254 e. The standard InChI is InChI=1S/C12H18N2OS/c1-16-12-13-8-10(11(15)14-12)7-9-5-3-2-4-6-9/h8-9H,2-7H2,1H3,(H,13,14,15). The number of H-pyrrole nitrogens is 1. The second-order valence-electron chi connectivity index (χ2n) is 4.45. The number of aromatic amines is 1. The summed E-state index contributed by atoms with van der Waals surface area (Å²) < 4.78 is 0. The summed E-state index contributed by atoms with van der Waals surface area (Å²) in [5.74, 6) is 0.691. The Hall–Kier alpha value is -0.770. The molecule has 0 atom stereocenters. The van der Waals surface area contributed by atoms with E-state index in [4.69, 9.17) is 0 Å². The van der Waals surface area contributed by atoms with Gasteiger partial charge < -0.3 is 4.98 Å². The van der Waals surface area contributed by atoms with Gasteiger partial charge in [0.25, 0.3) is 5.56 Å². The molecular formula is C12H18N2OS. The largest absolute Gasteiger partial charge is 0.301 e. The van der Waals surface area contributed by atoms with Crippen LogP contribution in [-0.4, -0.2) is 16.2 Å². The van der Waals surface area contributed by atoms with E-state index in [1.807, 2.05) is 6.26 Å². The summed E-state index contributed by atoms with van der Waals surface area (Å²) in [6.45, 7) is 0. The highest BCUT2D eigenvalue weighted by atomic mass is 32.2. The third-order valence-corrected chi connectivity index (χ3v) is 3.87. The van der Waals surface area contributed by atoms with Crippen LogP contribution in [0.4, 0.5) is 0 Å². The zero-order valence-electron chi connectivity index (χ0n) is 9.66. The quantitative estimate of drug-likeness (QED) is 0.650. The minimum absolute atomic E-state index is 0.0462. The van der Waals surface area contributed by atoms with Crippen LogP contribution in [0.1, 0.15) is 37.7 Å². The van der Waals surface area contributed by atoms with Crippen LogP contribution in [-0.2, 0) is 6.42 Å². The van der Waals surface area contributed by atoms with E-state index in [0.29, 0.717) is 11.1 Å². The minimum atomic E-state index is 0.0462. The number of hydrogen-bond donors (Lipinski definition) is 1. The van der Waals surface area contributed by atoms with Crippen molar-refractivity contribution in [2.24, 2.45) is 5.92 Å². The SMILES string of the molecule is CSc1ncc(CC2CCCCC2)c(=O)[nH]1. The van der Waals surface area contributed by atoms with Crippen molar-refractivity contribution in [2.45, 2.75) is 43.7 Å². The molecule has 0 bridgehead atoms. The van der Waals surface area contributed by atoms with Gasteiger partial charge in [-0.2, -0.15) is 0 Å². The van der Waals surface area contributed by atoms with Crippen LogP contribution in [0.5, 0.6) is 0 Å². The fraction of sp³-hybridized carbons (Fsp3) is 0.667. The maximum absolute atomic E-state index is 11.8. The van der Waals surface area contributed by atoms with Gasteiger partial charge in [-0.25, -0.2) is 4.98 Å². The van der Waals surface area contributed by atoms with Crippen molar-refractivity contribution in [3.05, 3.63) is 22.1 Å². The highest BCUT2D eigenvalue weighted by Crippen LogP contribution is 2.25. The highest BCUT2D eigenvalue weighted by molar-refractivity contribution is 7.98. The van der Waals surface area contributed by atoms with Crippen LogP contribution in [0.3, 0.4) is 0 Å². The number of aromatic nitrogens is 2. The van der Waals surface area contributed by atoms with Gasteiger partial charge in [0.15, 0.2) is 5.16 Å². The maximum atomic E-state index is 11.8. The molecular weight excluding hydrogens is 220 g/mol. The van der Waals surface area contributed by atoms with Gasteiger partial charge >= 0.3 is 0 Å². The molecule has 16 heavy (non-hydrogen) atoms. The summed E-state index contributed by atoms with van der Waals surface area (Å²) in [5.41, 5.74) is 0.898. The zero-order valence-corrected chi connectivity index (χ0v) is 10.5. The van der Waals surface area contributed by atoms with E-state index < -0.39 is 0 Å². The first-order valence-electron chi connectivity index (χ1n) is 5.92. The minimum Gasteiger partial charge on any atom is -0.301 e. The molecule has 88 valence electrons. The predicted molar refractivity (Wildman–Crippen MR) is 66.9 cm³/mol. The maximum Gasteiger partial charge on any atom is 0.254 e. The Balaban J connectivity index is 2.06. The van der Waals surface area contributed by atoms with Crippen molar-refractivity contribution < 1.29 is 0 Å². The molecule has 1 aromatic rings. The van der Waals surface area contributed by atoms with Gasteiger partial charge in [-0.1, -0.05) is 43.9 Å². The Morgan fingerprint density at radius 3 is 2.81 bits per heavy atom. The molecule has 1 aliphatic carbocycles. The number of thioether (sulfide) groups is 1. The Morgan fingerprint density at radius 1 is 1.44 bits per heavy atom. The van der Waals surface area contributed by atoms with E-state index in [1.165, 1.54) is 43.9 Å². The molecule has 0 unspecified atom stereocenters. The summed E-state index contributed by atoms with van der Waals surface area (Å²) in [4.78, 5) is 18.8. The number of nitrogens with one attached hydrogen (secondary N) is 1. The molecule has 0 saturated heterocycles. The topological polar surface area (TPSA) is 45.8 Å². The van der Waals surface area contributed by atoms with Gasteiger partial charge in [-0.05, 0) is 18.6 Å². The average Bonchev–Trinajstić information content (AvgIpc) is 2.33. The lowest BCUT2D eigenvalue weighted by Crippen LogP contribution is -2.19. The van der Waals surface area contributed by atoms with E-state index in [-0.39, 0.29) is 5.56 Å². The molecule has 1 heterocycles. The first kappa shape index (κ1) is 11.7. The van der Waals surface area contributed by atoms with Crippen LogP contribution >= 0.6 is 11.8 Å². The third kappa shape index (κ3) is 2.88. The molecule has 2 rings (SSSR count). The second kappa shape index (κ2) is 5.53. The fourth-order valence-corrected chi connectivity index (χ4v) is 2.71. The van der Waals surface area contributed by atoms with Gasteiger partial charge in [-0.3, -0.25) is 4.79 Å². The van der Waals surface area contributed by atoms with Crippen LogP contribution in [0.15, 0.2) is 16.1 Å². The lowest BCUT2D eigenvalue weighted by atomic mass is 9.85. The Morgan fingerprint density at radius 2 is 2.19 bits per heavy atom. The van der Waals surface area contributed by atoms with Crippen LogP contribution in [0.25, 0.3) is 0 Å². The van der Waals surface area contributed by atoms with E-state index >= 15 is 0 Å². The van der Waals surface area contributed by atoms with Crippen molar-refractivity contribution in [3.63, 3.8) is 0 Å². The van der Waals surface area contributed by atoms with Gasteiger partial charge in [0.1, 0.15) is 0 Å². The summed E-state index contributed by atoms with van der Waals surface area (Å²) in [7, 11) is 0. The first-order chi connectivity index (χ1) is 7.79. The second-order valence-corrected chi connectivity index (χ2v) is 5.25. The Bertz CT molecular complexity index is 396. The van der Waals surface area contributed by atoms with Crippen molar-refractivity contribution >= 4 is 11.8 Å². The molecule has 0 aliphatic heterocycles. The molecule has 0 spiro atoms. The summed E-state index contributed by atoms with van der Waals surface area (Å²) in [6, 6.07) is 0. The van der Waals surface area contributed by atoms with Gasteiger partial charge in [0.2, 0.25) is 0 Å². The lowest BCUT2D eigenvalue weighted by molar-refractivity contribution is 0.355. The summed E-state index contributed by atoms with van der Waals surface area (Å²) >= 11 is 1.47. The molecule has 1 fully saturated rings. The normalized spacial score (nSPS) is 17.6. The highest BCUT2D eigenvalue weighted by Gasteiger charge is 2.15. The van der Waals surface area contributed by atoms with E-state index in [9.17, 15) is 4.79 Å². The van der Waals surface area contributed by atoms with Crippen LogP contribution in [0, 0.1) is 5.92 Å². The molecule has 1 aromatic heterocycles. The molecule has 1 aliphatic rings. The summed E-state index contributed by atoms with van der Waals surface area (Å²) in [6.07, 6.45) is 11.1. The Kier molecular flexibility index (Phi) is 4.04. The van der Waals surface area contributed by atoms with Crippen LogP contribution < -0.4 is 5.56 Å².